The molecule has 222 valence electrons. The maximum Gasteiger partial charge on any atom is 0.422 e. The van der Waals surface area contributed by atoms with Gasteiger partial charge in [0, 0.05) is 18.3 Å². The molecule has 3 aromatic rings. The van der Waals surface area contributed by atoms with Crippen LogP contribution in [0.1, 0.15) is 57.3 Å². The summed E-state index contributed by atoms with van der Waals surface area (Å²) < 4.78 is 44.0. The first-order valence-electron chi connectivity index (χ1n) is 13.1. The van der Waals surface area contributed by atoms with Crippen molar-refractivity contribution in [1.82, 2.24) is 24.7 Å². The minimum Gasteiger partial charge on any atom is -0.497 e. The van der Waals surface area contributed by atoms with Crippen LogP contribution in [0.5, 0.6) is 5.75 Å². The van der Waals surface area contributed by atoms with Crippen LogP contribution in [0.3, 0.4) is 0 Å². The van der Waals surface area contributed by atoms with Crippen LogP contribution < -0.4 is 19.5 Å². The highest BCUT2D eigenvalue weighted by Gasteiger charge is 2.22. The van der Waals surface area contributed by atoms with Gasteiger partial charge in [0.2, 0.25) is 0 Å². The van der Waals surface area contributed by atoms with Crippen molar-refractivity contribution in [1.29, 1.82) is 0 Å². The molecule has 0 spiro atoms. The highest BCUT2D eigenvalue weighted by atomic mass is 32.2. The normalized spacial score (nSPS) is 12.3. The molecule has 3 rings (SSSR count). The number of carbonyl (C=O) groups is 2. The fourth-order valence-electron chi connectivity index (χ4n) is 3.74. The van der Waals surface area contributed by atoms with Crippen molar-refractivity contribution in [2.24, 2.45) is 0 Å². The summed E-state index contributed by atoms with van der Waals surface area (Å²) in [5.41, 5.74) is 1.46. The van der Waals surface area contributed by atoms with Gasteiger partial charge in [-0.1, -0.05) is 30.3 Å². The Morgan fingerprint density at radius 1 is 1.00 bits per heavy atom. The number of imidazole rings is 1. The van der Waals surface area contributed by atoms with Gasteiger partial charge in [0.1, 0.15) is 23.8 Å². The molecular weight excluding hydrogens is 550 g/mol. The molecule has 0 fully saturated rings. The third-order valence-electron chi connectivity index (χ3n) is 5.65. The van der Waals surface area contributed by atoms with E-state index in [2.05, 4.69) is 20.0 Å². The summed E-state index contributed by atoms with van der Waals surface area (Å²) in [6, 6.07) is 16.2. The first kappa shape index (κ1) is 31.4. The summed E-state index contributed by atoms with van der Waals surface area (Å²) in [5, 5.41) is 2.87. The van der Waals surface area contributed by atoms with Crippen LogP contribution in [0.15, 0.2) is 60.8 Å². The highest BCUT2D eigenvalue weighted by molar-refractivity contribution is 7.88. The lowest BCUT2D eigenvalue weighted by atomic mass is 10.1. The van der Waals surface area contributed by atoms with E-state index in [1.165, 1.54) is 0 Å². The molecule has 2 amide bonds. The van der Waals surface area contributed by atoms with Crippen molar-refractivity contribution in [3.63, 3.8) is 0 Å². The summed E-state index contributed by atoms with van der Waals surface area (Å²) >= 11 is 0. The molecule has 0 aliphatic heterocycles. The summed E-state index contributed by atoms with van der Waals surface area (Å²) in [7, 11) is -2.49. The molecule has 1 aromatic heterocycles. The van der Waals surface area contributed by atoms with Gasteiger partial charge >= 0.3 is 22.4 Å². The largest absolute Gasteiger partial charge is 0.497 e. The maximum absolute atomic E-state index is 12.6. The number of ether oxygens (including phenoxy) is 3. The fraction of sp³-hybridized carbons (Fsp3) is 0.393. The SMILES string of the molecule is COc1ccc(-c2nc(C(CCCCNS(=O)(=O)NC(=O)OC(C)(C)C)NC(=O)OCc3ccccc3)c[nH]2)cc1. The molecule has 0 saturated heterocycles. The zero-order valence-electron chi connectivity index (χ0n) is 23.6. The summed E-state index contributed by atoms with van der Waals surface area (Å²) in [6.07, 6.45) is 1.47. The molecule has 1 unspecified atom stereocenters. The Labute approximate surface area is 240 Å². The summed E-state index contributed by atoms with van der Waals surface area (Å²) in [5.74, 6) is 1.34. The van der Waals surface area contributed by atoms with Gasteiger partial charge in [-0.15, -0.1) is 0 Å². The standard InChI is InChI=1S/C28H37N5O7S/c1-28(2,3)40-27(35)33-41(36,37)30-17-9-8-12-23(32-26(34)39-19-20-10-6-5-7-11-20)24-18-29-25(31-24)21-13-15-22(38-4)16-14-21/h5-7,10-11,13-16,18,23,30H,8-9,12,17,19H2,1-4H3,(H,29,31)(H,32,34)(H,33,35). The van der Waals surface area contributed by atoms with Crippen molar-refractivity contribution in [3.8, 4) is 17.1 Å². The quantitative estimate of drug-likeness (QED) is 0.211. The van der Waals surface area contributed by atoms with Gasteiger partial charge < -0.3 is 24.5 Å². The second kappa shape index (κ2) is 14.5. The van der Waals surface area contributed by atoms with E-state index in [1.807, 2.05) is 59.3 Å². The number of unbranched alkanes of at least 4 members (excludes halogenated alkanes) is 1. The first-order chi connectivity index (χ1) is 19.4. The Kier molecular flexibility index (Phi) is 11.1. The van der Waals surface area contributed by atoms with E-state index >= 15 is 0 Å². The molecule has 0 bridgehead atoms. The topological polar surface area (TPSA) is 161 Å². The zero-order chi connectivity index (χ0) is 29.9. The van der Waals surface area contributed by atoms with E-state index in [1.54, 1.807) is 34.1 Å². The van der Waals surface area contributed by atoms with Crippen molar-refractivity contribution >= 4 is 22.4 Å². The predicted octanol–water partition coefficient (Wildman–Crippen LogP) is 4.58. The van der Waals surface area contributed by atoms with E-state index < -0.39 is 34.0 Å². The second-order valence-corrected chi connectivity index (χ2v) is 11.7. The third kappa shape index (κ3) is 11.1. The molecular formula is C28H37N5O7S. The minimum absolute atomic E-state index is 0.0704. The molecule has 1 atom stereocenters. The minimum atomic E-state index is -4.08. The lowest BCUT2D eigenvalue weighted by molar-refractivity contribution is 0.0569. The molecule has 12 nitrogen and oxygen atoms in total. The van der Waals surface area contributed by atoms with Crippen LogP contribution in [0.2, 0.25) is 0 Å². The molecule has 13 heteroatoms. The van der Waals surface area contributed by atoms with Gasteiger partial charge in [-0.25, -0.2) is 19.3 Å². The van der Waals surface area contributed by atoms with Crippen LogP contribution in [0, 0.1) is 0 Å². The van der Waals surface area contributed by atoms with Crippen molar-refractivity contribution in [2.45, 2.75) is 58.3 Å². The van der Waals surface area contributed by atoms with E-state index in [9.17, 15) is 18.0 Å². The second-order valence-electron chi connectivity index (χ2n) is 10.2. The number of amides is 2. The number of rotatable bonds is 13. The van der Waals surface area contributed by atoms with Crippen molar-refractivity contribution < 1.29 is 32.2 Å². The number of hydrogen-bond donors (Lipinski definition) is 4. The van der Waals surface area contributed by atoms with Gasteiger partial charge in [0.15, 0.2) is 0 Å². The Morgan fingerprint density at radius 2 is 1.71 bits per heavy atom. The number of methoxy groups -OCH3 is 1. The molecule has 0 aliphatic carbocycles. The molecule has 2 aromatic carbocycles. The lowest BCUT2D eigenvalue weighted by Crippen LogP contribution is -2.43. The number of hydrogen-bond acceptors (Lipinski definition) is 8. The maximum atomic E-state index is 12.6. The number of alkyl carbamates (subject to hydrolysis) is 1. The number of aromatic amines is 1. The van der Waals surface area contributed by atoms with E-state index in [0.717, 1.165) is 16.9 Å². The average molecular weight is 588 g/mol. The van der Waals surface area contributed by atoms with Crippen molar-refractivity contribution in [3.05, 3.63) is 72.1 Å². The number of carbonyl (C=O) groups excluding carboxylic acids is 2. The monoisotopic (exact) mass is 587 g/mol. The molecule has 0 radical (unpaired) electrons. The Hall–Kier alpha value is -4.10. The fourth-order valence-corrected chi connectivity index (χ4v) is 4.48. The number of H-pyrrole nitrogens is 1. The van der Waals surface area contributed by atoms with Gasteiger partial charge in [0.25, 0.3) is 0 Å². The Balaban J connectivity index is 1.59. The zero-order valence-corrected chi connectivity index (χ0v) is 24.4. The van der Waals surface area contributed by atoms with Gasteiger partial charge in [0.05, 0.1) is 18.8 Å². The van der Waals surface area contributed by atoms with Crippen LogP contribution in [0.4, 0.5) is 9.59 Å². The van der Waals surface area contributed by atoms with Crippen LogP contribution in [-0.4, -0.2) is 49.8 Å². The number of nitrogens with one attached hydrogen (secondary N) is 4. The van der Waals surface area contributed by atoms with Crippen molar-refractivity contribution in [2.75, 3.05) is 13.7 Å². The van der Waals surface area contributed by atoms with E-state index in [0.29, 0.717) is 30.8 Å². The molecule has 0 saturated carbocycles. The average Bonchev–Trinajstić information content (AvgIpc) is 3.40. The predicted molar refractivity (Wildman–Crippen MR) is 153 cm³/mol. The molecule has 1 heterocycles. The number of nitrogens with zero attached hydrogens (tertiary/aromatic N) is 1. The van der Waals surface area contributed by atoms with Crippen LogP contribution in [0.25, 0.3) is 11.4 Å². The lowest BCUT2D eigenvalue weighted by Gasteiger charge is -2.19. The molecule has 0 aliphatic rings. The van der Waals surface area contributed by atoms with Crippen LogP contribution >= 0.6 is 0 Å². The number of benzene rings is 2. The van der Waals surface area contributed by atoms with Gasteiger partial charge in [-0.05, 0) is 69.9 Å². The summed E-state index contributed by atoms with van der Waals surface area (Å²) in [6.45, 7) is 5.08. The van der Waals surface area contributed by atoms with Gasteiger partial charge in [-0.3, -0.25) is 0 Å². The molecule has 41 heavy (non-hydrogen) atoms. The highest BCUT2D eigenvalue weighted by Crippen LogP contribution is 2.24. The van der Waals surface area contributed by atoms with E-state index in [4.69, 9.17) is 14.2 Å². The van der Waals surface area contributed by atoms with Gasteiger partial charge in [-0.2, -0.15) is 13.1 Å². The molecule has 4 N–H and O–H groups in total. The first-order valence-corrected chi connectivity index (χ1v) is 14.6. The van der Waals surface area contributed by atoms with E-state index in [-0.39, 0.29) is 13.2 Å². The third-order valence-corrected chi connectivity index (χ3v) is 6.67. The number of aromatic nitrogens is 2. The Morgan fingerprint density at radius 3 is 2.37 bits per heavy atom. The smallest absolute Gasteiger partial charge is 0.422 e. The Bertz CT molecular complexity index is 1370. The summed E-state index contributed by atoms with van der Waals surface area (Å²) in [4.78, 5) is 32.2. The van der Waals surface area contributed by atoms with Crippen LogP contribution in [-0.2, 0) is 26.3 Å².